The summed E-state index contributed by atoms with van der Waals surface area (Å²) in [4.78, 5) is 11.3. The van der Waals surface area contributed by atoms with Crippen LogP contribution in [-0.2, 0) is 4.79 Å². The van der Waals surface area contributed by atoms with E-state index in [4.69, 9.17) is 12.2 Å². The van der Waals surface area contributed by atoms with Crippen LogP contribution in [0, 0.1) is 5.41 Å². The summed E-state index contributed by atoms with van der Waals surface area (Å²) < 4.78 is 0. The van der Waals surface area contributed by atoms with E-state index in [0.717, 1.165) is 0 Å². The molecule has 1 rings (SSSR count). The molecule has 1 aliphatic rings. The molecule has 68 valence electrons. The van der Waals surface area contributed by atoms with E-state index >= 15 is 0 Å². The molecule has 1 aliphatic heterocycles. The highest BCUT2D eigenvalue weighted by Crippen LogP contribution is 2.43. The minimum Gasteiger partial charge on any atom is -0.358 e. The second-order valence-corrected chi connectivity index (χ2v) is 5.93. The first-order chi connectivity index (χ1) is 5.26. The van der Waals surface area contributed by atoms with Crippen molar-refractivity contribution in [1.82, 2.24) is 5.32 Å². The van der Waals surface area contributed by atoms with E-state index in [9.17, 15) is 4.79 Å². The molecule has 1 unspecified atom stereocenters. The zero-order chi connectivity index (χ0) is 9.57. The lowest BCUT2D eigenvalue weighted by Gasteiger charge is -2.36. The zero-order valence-corrected chi connectivity index (χ0v) is 9.36. The molecule has 0 saturated carbocycles. The van der Waals surface area contributed by atoms with Crippen LogP contribution in [0.15, 0.2) is 0 Å². The van der Waals surface area contributed by atoms with Gasteiger partial charge in [0.2, 0.25) is 5.12 Å². The molecule has 0 spiro atoms. The summed E-state index contributed by atoms with van der Waals surface area (Å²) in [5.41, 5.74) is 0.0217. The topological polar surface area (TPSA) is 29.1 Å². The van der Waals surface area contributed by atoms with Crippen LogP contribution in [0.25, 0.3) is 0 Å². The van der Waals surface area contributed by atoms with E-state index in [0.29, 0.717) is 4.99 Å². The second-order valence-electron chi connectivity index (χ2n) is 4.13. The summed E-state index contributed by atoms with van der Waals surface area (Å²) in [5.74, 6) is 0. The monoisotopic (exact) mass is 203 g/mol. The summed E-state index contributed by atoms with van der Waals surface area (Å²) in [7, 11) is 0. The van der Waals surface area contributed by atoms with Crippen molar-refractivity contribution < 1.29 is 4.79 Å². The third-order valence-corrected chi connectivity index (χ3v) is 4.19. The lowest BCUT2D eigenvalue weighted by atomic mass is 9.87. The average Bonchev–Trinajstić information content (AvgIpc) is 2.06. The highest BCUT2D eigenvalue weighted by Gasteiger charge is 2.46. The Labute approximate surface area is 82.5 Å². The normalized spacial score (nSPS) is 30.7. The first-order valence-corrected chi connectivity index (χ1v) is 5.04. The van der Waals surface area contributed by atoms with Crippen molar-refractivity contribution in [2.75, 3.05) is 0 Å². The first kappa shape index (κ1) is 9.99. The van der Waals surface area contributed by atoms with Crippen molar-refractivity contribution in [3.8, 4) is 0 Å². The van der Waals surface area contributed by atoms with Gasteiger partial charge in [0.25, 0.3) is 0 Å². The highest BCUT2D eigenvalue weighted by atomic mass is 32.2. The van der Waals surface area contributed by atoms with Gasteiger partial charge in [-0.2, -0.15) is 0 Å². The van der Waals surface area contributed by atoms with Gasteiger partial charge in [0.15, 0.2) is 4.99 Å². The van der Waals surface area contributed by atoms with Gasteiger partial charge in [-0.05, 0) is 12.3 Å². The maximum Gasteiger partial charge on any atom is 0.248 e. The van der Waals surface area contributed by atoms with Gasteiger partial charge < -0.3 is 5.32 Å². The molecule has 1 heterocycles. The molecule has 1 N–H and O–H groups in total. The summed E-state index contributed by atoms with van der Waals surface area (Å²) in [6.07, 6.45) is 0. The predicted molar refractivity (Wildman–Crippen MR) is 56.2 cm³/mol. The summed E-state index contributed by atoms with van der Waals surface area (Å²) in [5, 5.41) is 3.05. The minimum absolute atomic E-state index is 0.0116. The smallest absolute Gasteiger partial charge is 0.248 e. The van der Waals surface area contributed by atoms with Gasteiger partial charge in [-0.15, -0.1) is 0 Å². The molecule has 0 aliphatic carbocycles. The largest absolute Gasteiger partial charge is 0.358 e. The fourth-order valence-electron chi connectivity index (χ4n) is 0.866. The third-order valence-electron chi connectivity index (χ3n) is 2.27. The van der Waals surface area contributed by atoms with Gasteiger partial charge in [-0.1, -0.05) is 44.8 Å². The van der Waals surface area contributed by atoms with E-state index in [1.807, 2.05) is 6.92 Å². The maximum atomic E-state index is 11.2. The fraction of sp³-hybridized carbons (Fsp3) is 0.750. The molecule has 2 nitrogen and oxygen atoms in total. The molecular formula is C8H13NOS2. The molecule has 4 heteroatoms. The van der Waals surface area contributed by atoms with E-state index in [1.165, 1.54) is 11.8 Å². The Balaban J connectivity index is 2.91. The van der Waals surface area contributed by atoms with Gasteiger partial charge in [0.1, 0.15) is 0 Å². The number of hydrogen-bond donors (Lipinski definition) is 1. The summed E-state index contributed by atoms with van der Waals surface area (Å²) in [6, 6.07) is 0. The first-order valence-electron chi connectivity index (χ1n) is 3.82. The van der Waals surface area contributed by atoms with Gasteiger partial charge >= 0.3 is 0 Å². The molecule has 1 saturated heterocycles. The Kier molecular flexibility index (Phi) is 2.25. The second kappa shape index (κ2) is 2.70. The molecular weight excluding hydrogens is 190 g/mol. The van der Waals surface area contributed by atoms with E-state index in [2.05, 4.69) is 26.1 Å². The lowest BCUT2D eigenvalue weighted by molar-refractivity contribution is -0.105. The Morgan fingerprint density at radius 2 is 2.00 bits per heavy atom. The van der Waals surface area contributed by atoms with E-state index in [1.54, 1.807) is 0 Å². The molecule has 0 aromatic carbocycles. The van der Waals surface area contributed by atoms with E-state index < -0.39 is 0 Å². The van der Waals surface area contributed by atoms with Crippen molar-refractivity contribution in [1.29, 1.82) is 0 Å². The number of carbonyl (C=O) groups excluding carboxylic acids is 1. The Morgan fingerprint density at radius 3 is 2.17 bits per heavy atom. The van der Waals surface area contributed by atoms with Crippen molar-refractivity contribution in [2.24, 2.45) is 5.41 Å². The molecule has 0 radical (unpaired) electrons. The van der Waals surface area contributed by atoms with Gasteiger partial charge in [-0.25, -0.2) is 0 Å². The molecule has 0 bridgehead atoms. The molecule has 0 aromatic heterocycles. The van der Waals surface area contributed by atoms with Gasteiger partial charge in [0.05, 0.1) is 4.87 Å². The van der Waals surface area contributed by atoms with Crippen molar-refractivity contribution in [3.63, 3.8) is 0 Å². The van der Waals surface area contributed by atoms with Crippen LogP contribution in [-0.4, -0.2) is 15.0 Å². The van der Waals surface area contributed by atoms with Crippen LogP contribution >= 0.6 is 24.0 Å². The van der Waals surface area contributed by atoms with Crippen LogP contribution in [0.4, 0.5) is 0 Å². The number of rotatable bonds is 0. The number of thioether (sulfide) groups is 1. The number of hydrogen-bond acceptors (Lipinski definition) is 3. The highest BCUT2D eigenvalue weighted by molar-refractivity contribution is 8.19. The quantitative estimate of drug-likeness (QED) is 0.609. The van der Waals surface area contributed by atoms with Gasteiger partial charge in [0, 0.05) is 0 Å². The van der Waals surface area contributed by atoms with Crippen LogP contribution in [0.5, 0.6) is 0 Å². The molecule has 1 atom stereocenters. The molecule has 0 amide bonds. The van der Waals surface area contributed by atoms with Crippen molar-refractivity contribution >= 4 is 34.1 Å². The Bertz CT molecular complexity index is 226. The van der Waals surface area contributed by atoms with Crippen LogP contribution in [0.3, 0.4) is 0 Å². The lowest BCUT2D eigenvalue weighted by Crippen LogP contribution is -2.46. The number of carbonyl (C=O) groups is 1. The predicted octanol–water partition coefficient (Wildman–Crippen LogP) is 1.94. The van der Waals surface area contributed by atoms with Gasteiger partial charge in [-0.3, -0.25) is 4.79 Å². The molecule has 0 aromatic rings. The van der Waals surface area contributed by atoms with Crippen LogP contribution in [0.1, 0.15) is 27.7 Å². The number of nitrogens with one attached hydrogen (secondary N) is 1. The van der Waals surface area contributed by atoms with E-state index in [-0.39, 0.29) is 15.4 Å². The standard InChI is InChI=1S/C8H13NOS2/c1-7(2,3)8(4)9-5(11)6(10)12-8/h1-4H3,(H,9,11). The average molecular weight is 203 g/mol. The summed E-state index contributed by atoms with van der Waals surface area (Å²) in [6.45, 7) is 8.28. The SMILES string of the molecule is CC(C)(C)C1(C)NC(=S)C(=O)S1. The molecule has 12 heavy (non-hydrogen) atoms. The number of thiocarbonyl (C=S) groups is 1. The van der Waals surface area contributed by atoms with Crippen LogP contribution in [0.2, 0.25) is 0 Å². The Hall–Kier alpha value is -0.0900. The Morgan fingerprint density at radius 1 is 1.50 bits per heavy atom. The maximum absolute atomic E-state index is 11.2. The molecule has 1 fully saturated rings. The third kappa shape index (κ3) is 1.50. The zero-order valence-electron chi connectivity index (χ0n) is 7.72. The van der Waals surface area contributed by atoms with Crippen molar-refractivity contribution in [2.45, 2.75) is 32.6 Å². The minimum atomic E-state index is -0.249. The van der Waals surface area contributed by atoms with Crippen LogP contribution < -0.4 is 5.32 Å². The van der Waals surface area contributed by atoms with Crippen molar-refractivity contribution in [3.05, 3.63) is 0 Å². The fourth-order valence-corrected chi connectivity index (χ4v) is 2.23. The summed E-state index contributed by atoms with van der Waals surface area (Å²) >= 11 is 6.17.